The zero-order valence-corrected chi connectivity index (χ0v) is 20.5. The zero-order chi connectivity index (χ0) is 24.5. The largest absolute Gasteiger partial charge is 0.299 e. The van der Waals surface area contributed by atoms with E-state index in [2.05, 4.69) is 21.8 Å². The topological polar surface area (TPSA) is 77.0 Å². The van der Waals surface area contributed by atoms with Gasteiger partial charge in [0.25, 0.3) is 0 Å². The molecule has 4 rings (SSSR count). The zero-order valence-electron chi connectivity index (χ0n) is 20.5. The van der Waals surface area contributed by atoms with Crippen molar-refractivity contribution in [3.8, 4) is 11.8 Å². The third kappa shape index (κ3) is 4.73. The number of Topliss-reactive ketones (excluding diaryl/α,β-unsaturated/α-hetero) is 3. The lowest BCUT2D eigenvalue weighted by molar-refractivity contribution is -0.138. The van der Waals surface area contributed by atoms with Gasteiger partial charge in [-0.05, 0) is 93.5 Å². The van der Waals surface area contributed by atoms with Crippen LogP contribution in [0.4, 0.5) is 0 Å². The average molecular weight is 457 g/mol. The van der Waals surface area contributed by atoms with Gasteiger partial charge in [-0.3, -0.25) is 19.4 Å². The van der Waals surface area contributed by atoms with Gasteiger partial charge in [0.1, 0.15) is 23.2 Å². The first kappa shape index (κ1) is 24.0. The summed E-state index contributed by atoms with van der Waals surface area (Å²) >= 11 is 0. The Morgan fingerprint density at radius 3 is 2.15 bits per heavy atom. The number of hydrogen-bond acceptors (Lipinski definition) is 5. The molecule has 1 aromatic carbocycles. The smallest absolute Gasteiger partial charge is 0.183 e. The van der Waals surface area contributed by atoms with E-state index < -0.39 is 5.92 Å². The Morgan fingerprint density at radius 2 is 1.59 bits per heavy atom. The summed E-state index contributed by atoms with van der Waals surface area (Å²) < 4.78 is 0. The van der Waals surface area contributed by atoms with Crippen LogP contribution < -0.4 is 0 Å². The summed E-state index contributed by atoms with van der Waals surface area (Å²) in [5.74, 6) is 5.70. The fraction of sp³-hybridized carbons (Fsp3) is 0.483. The molecule has 1 aromatic heterocycles. The minimum Gasteiger partial charge on any atom is -0.299 e. The Labute approximate surface area is 201 Å². The number of benzene rings is 1. The minimum atomic E-state index is -0.659. The number of aryl methyl sites for hydroxylation is 3. The highest BCUT2D eigenvalue weighted by molar-refractivity contribution is 6.10. The monoisotopic (exact) mass is 456 g/mol. The van der Waals surface area contributed by atoms with Crippen LogP contribution in [-0.4, -0.2) is 27.3 Å². The van der Waals surface area contributed by atoms with E-state index in [1.165, 1.54) is 0 Å². The molecular weight excluding hydrogens is 424 g/mol. The van der Waals surface area contributed by atoms with Gasteiger partial charge < -0.3 is 0 Å². The molecule has 5 nitrogen and oxygen atoms in total. The summed E-state index contributed by atoms with van der Waals surface area (Å²) in [6.07, 6.45) is 7.85. The quantitative estimate of drug-likeness (QED) is 0.357. The van der Waals surface area contributed by atoms with Gasteiger partial charge in [0, 0.05) is 37.2 Å². The fourth-order valence-corrected chi connectivity index (χ4v) is 6.04. The molecule has 0 saturated heterocycles. The number of ketones is 3. The van der Waals surface area contributed by atoms with Gasteiger partial charge in [-0.2, -0.15) is 0 Å². The molecule has 176 valence electrons. The van der Waals surface area contributed by atoms with E-state index in [0.29, 0.717) is 30.7 Å². The predicted octanol–water partition coefficient (Wildman–Crippen LogP) is 5.24. The Balaban J connectivity index is 1.44. The van der Waals surface area contributed by atoms with E-state index in [1.807, 2.05) is 26.0 Å². The Bertz CT molecular complexity index is 1170. The highest BCUT2D eigenvalue weighted by Crippen LogP contribution is 2.50. The summed E-state index contributed by atoms with van der Waals surface area (Å²) in [6.45, 7) is 7.54. The summed E-state index contributed by atoms with van der Waals surface area (Å²) in [5, 5.41) is 0. The van der Waals surface area contributed by atoms with E-state index in [-0.39, 0.29) is 28.7 Å². The van der Waals surface area contributed by atoms with Crippen LogP contribution in [0.5, 0.6) is 0 Å². The second-order valence-corrected chi connectivity index (χ2v) is 10.2. The first-order valence-corrected chi connectivity index (χ1v) is 12.1. The third-order valence-corrected chi connectivity index (χ3v) is 7.68. The predicted molar refractivity (Wildman–Crippen MR) is 131 cm³/mol. The number of aromatic nitrogens is 2. The first-order valence-electron chi connectivity index (χ1n) is 12.1. The maximum absolute atomic E-state index is 13.4. The van der Waals surface area contributed by atoms with Crippen molar-refractivity contribution in [2.24, 2.45) is 11.3 Å². The van der Waals surface area contributed by atoms with Crippen LogP contribution in [0.1, 0.15) is 96.2 Å². The van der Waals surface area contributed by atoms with Gasteiger partial charge in [0.2, 0.25) is 0 Å². The average Bonchev–Trinajstić information content (AvgIpc) is 2.77. The molecule has 5 heteroatoms. The number of hydrogen-bond donors (Lipinski definition) is 0. The maximum atomic E-state index is 13.4. The summed E-state index contributed by atoms with van der Waals surface area (Å²) in [7, 11) is 0. The van der Waals surface area contributed by atoms with E-state index >= 15 is 0 Å². The van der Waals surface area contributed by atoms with Crippen LogP contribution in [0.2, 0.25) is 0 Å². The molecule has 0 amide bonds. The molecule has 1 spiro atoms. The van der Waals surface area contributed by atoms with Crippen LogP contribution in [0, 0.1) is 43.9 Å². The van der Waals surface area contributed by atoms with E-state index in [1.54, 1.807) is 26.2 Å². The van der Waals surface area contributed by atoms with E-state index in [0.717, 1.165) is 47.9 Å². The van der Waals surface area contributed by atoms with Crippen LogP contribution in [0.3, 0.4) is 0 Å². The van der Waals surface area contributed by atoms with Crippen LogP contribution in [0.15, 0.2) is 24.5 Å². The van der Waals surface area contributed by atoms with Gasteiger partial charge >= 0.3 is 0 Å². The van der Waals surface area contributed by atoms with Gasteiger partial charge in [0.05, 0.1) is 5.69 Å². The molecule has 0 N–H and O–H groups in total. The van der Waals surface area contributed by atoms with Crippen LogP contribution in [0.25, 0.3) is 0 Å². The number of nitrogens with zero attached hydrogens (tertiary/aromatic N) is 2. The van der Waals surface area contributed by atoms with Crippen molar-refractivity contribution in [1.82, 2.24) is 9.97 Å². The van der Waals surface area contributed by atoms with Crippen LogP contribution in [-0.2, 0) is 9.59 Å². The fourth-order valence-electron chi connectivity index (χ4n) is 6.04. The second-order valence-electron chi connectivity index (χ2n) is 10.2. The summed E-state index contributed by atoms with van der Waals surface area (Å²) in [4.78, 5) is 47.8. The minimum absolute atomic E-state index is 0.0320. The summed E-state index contributed by atoms with van der Waals surface area (Å²) in [6, 6.07) is 3.95. The van der Waals surface area contributed by atoms with Crippen molar-refractivity contribution in [2.45, 2.75) is 78.6 Å². The van der Waals surface area contributed by atoms with Crippen molar-refractivity contribution in [3.63, 3.8) is 0 Å². The molecule has 0 unspecified atom stereocenters. The highest BCUT2D eigenvalue weighted by Gasteiger charge is 2.47. The molecule has 0 radical (unpaired) electrons. The highest BCUT2D eigenvalue weighted by atomic mass is 16.2. The molecule has 34 heavy (non-hydrogen) atoms. The van der Waals surface area contributed by atoms with Gasteiger partial charge in [0.15, 0.2) is 5.78 Å². The van der Waals surface area contributed by atoms with Gasteiger partial charge in [-0.1, -0.05) is 5.92 Å². The Morgan fingerprint density at radius 1 is 1.00 bits per heavy atom. The Kier molecular flexibility index (Phi) is 6.79. The van der Waals surface area contributed by atoms with Gasteiger partial charge in [-0.15, -0.1) is 5.92 Å². The third-order valence-electron chi connectivity index (χ3n) is 7.68. The molecule has 0 atom stereocenters. The molecule has 2 aromatic rings. The van der Waals surface area contributed by atoms with Crippen LogP contribution >= 0.6 is 0 Å². The SMILES string of the molecule is CC#Cc1cc(C)c(C2C(=O)CC3(CCC(CC(=O)c4nccnc4C)CC3)CC2=O)c(C)c1. The van der Waals surface area contributed by atoms with E-state index in [9.17, 15) is 14.4 Å². The van der Waals surface area contributed by atoms with E-state index in [4.69, 9.17) is 0 Å². The summed E-state index contributed by atoms with van der Waals surface area (Å²) in [5.41, 5.74) is 4.57. The normalized spacial score (nSPS) is 24.6. The standard InChI is InChI=1S/C29H32N2O3/c1-5-6-22-13-18(2)26(19(3)14-22)27-24(33)16-29(17-25(27)34)9-7-21(8-10-29)15-23(32)28-20(4)30-11-12-31-28/h11-14,21,27H,7-10,15-17H2,1-4H3. The maximum Gasteiger partial charge on any atom is 0.183 e. The van der Waals surface area contributed by atoms with Crippen molar-refractivity contribution >= 4 is 17.3 Å². The molecule has 2 aliphatic rings. The molecule has 2 saturated carbocycles. The molecule has 0 bridgehead atoms. The lowest BCUT2D eigenvalue weighted by Crippen LogP contribution is -2.42. The molecule has 1 heterocycles. The lowest BCUT2D eigenvalue weighted by Gasteiger charge is -2.43. The number of carbonyl (C=O) groups is 3. The first-order chi connectivity index (χ1) is 16.2. The van der Waals surface area contributed by atoms with Crippen molar-refractivity contribution in [3.05, 3.63) is 58.2 Å². The molecular formula is C29H32N2O3. The Hall–Kier alpha value is -3.13. The van der Waals surface area contributed by atoms with Crippen molar-refractivity contribution in [1.29, 1.82) is 0 Å². The van der Waals surface area contributed by atoms with Crippen molar-refractivity contribution in [2.75, 3.05) is 0 Å². The second kappa shape index (κ2) is 9.62. The lowest BCUT2D eigenvalue weighted by atomic mass is 9.59. The number of carbonyl (C=O) groups excluding carboxylic acids is 3. The molecule has 2 fully saturated rings. The van der Waals surface area contributed by atoms with Gasteiger partial charge in [-0.25, -0.2) is 4.98 Å². The molecule has 2 aliphatic carbocycles. The number of rotatable bonds is 4. The molecule has 0 aliphatic heterocycles. The van der Waals surface area contributed by atoms with Crippen molar-refractivity contribution < 1.29 is 14.4 Å².